The molecule has 0 aromatic heterocycles. The highest BCUT2D eigenvalue weighted by molar-refractivity contribution is 6.11. The van der Waals surface area contributed by atoms with Gasteiger partial charge in [0.2, 0.25) is 5.90 Å². The van der Waals surface area contributed by atoms with Crippen LogP contribution in [0.1, 0.15) is 5.56 Å². The number of hydrogen-bond donors (Lipinski definition) is 0. The van der Waals surface area contributed by atoms with E-state index < -0.39 is 10.9 Å². The standard InChI is InChI=1S/C15H11N3O4/c1-17-8-3-2-7-12(17)13-15(19)22-14(16-13)10-5-4-6-11(9-10)18(20)21/h2-9H,1H3/b13-12+. The van der Waals surface area contributed by atoms with Crippen LogP contribution in [0.25, 0.3) is 0 Å². The summed E-state index contributed by atoms with van der Waals surface area (Å²) in [4.78, 5) is 28.2. The van der Waals surface area contributed by atoms with E-state index in [1.165, 1.54) is 18.2 Å². The lowest BCUT2D eigenvalue weighted by atomic mass is 10.2. The molecule has 0 spiro atoms. The van der Waals surface area contributed by atoms with Crippen LogP contribution in [0.4, 0.5) is 5.69 Å². The van der Waals surface area contributed by atoms with Gasteiger partial charge in [0.1, 0.15) is 0 Å². The fourth-order valence-corrected chi connectivity index (χ4v) is 2.11. The highest BCUT2D eigenvalue weighted by Gasteiger charge is 2.28. The van der Waals surface area contributed by atoms with Gasteiger partial charge in [-0.2, -0.15) is 0 Å². The molecule has 0 saturated heterocycles. The predicted molar refractivity (Wildman–Crippen MR) is 78.8 cm³/mol. The summed E-state index contributed by atoms with van der Waals surface area (Å²) in [5.74, 6) is -0.518. The fourth-order valence-electron chi connectivity index (χ4n) is 2.11. The Hall–Kier alpha value is -3.22. The largest absolute Gasteiger partial charge is 0.402 e. The van der Waals surface area contributed by atoms with Crippen molar-refractivity contribution in [3.63, 3.8) is 0 Å². The van der Waals surface area contributed by atoms with Gasteiger partial charge in [-0.05, 0) is 18.2 Å². The summed E-state index contributed by atoms with van der Waals surface area (Å²) in [5.41, 5.74) is 1.07. The molecule has 0 unspecified atom stereocenters. The van der Waals surface area contributed by atoms with Gasteiger partial charge in [0.05, 0.1) is 10.6 Å². The van der Waals surface area contributed by atoms with Crippen molar-refractivity contribution < 1.29 is 14.5 Å². The highest BCUT2D eigenvalue weighted by atomic mass is 16.6. The van der Waals surface area contributed by atoms with Gasteiger partial charge in [-0.25, -0.2) is 9.79 Å². The summed E-state index contributed by atoms with van der Waals surface area (Å²) in [6, 6.07) is 5.81. The average molecular weight is 297 g/mol. The zero-order valence-corrected chi connectivity index (χ0v) is 11.6. The van der Waals surface area contributed by atoms with E-state index in [0.29, 0.717) is 11.3 Å². The maximum atomic E-state index is 12.0. The molecule has 0 amide bonds. The van der Waals surface area contributed by atoms with E-state index in [2.05, 4.69) is 4.99 Å². The number of esters is 1. The Balaban J connectivity index is 2.02. The molecule has 7 nitrogen and oxygen atoms in total. The van der Waals surface area contributed by atoms with Crippen LogP contribution in [0.15, 0.2) is 65.1 Å². The van der Waals surface area contributed by atoms with Crippen LogP contribution in [-0.2, 0) is 9.53 Å². The van der Waals surface area contributed by atoms with Crippen molar-refractivity contribution in [1.29, 1.82) is 0 Å². The summed E-state index contributed by atoms with van der Waals surface area (Å²) < 4.78 is 5.14. The van der Waals surface area contributed by atoms with Crippen molar-refractivity contribution in [2.75, 3.05) is 7.05 Å². The smallest absolute Gasteiger partial charge is 0.366 e. The molecule has 0 radical (unpaired) electrons. The number of ether oxygens (including phenoxy) is 1. The monoisotopic (exact) mass is 297 g/mol. The first kappa shape index (κ1) is 13.7. The first-order valence-electron chi connectivity index (χ1n) is 6.44. The minimum atomic E-state index is -0.580. The molecule has 1 aromatic carbocycles. The fraction of sp³-hybridized carbons (Fsp3) is 0.0667. The number of likely N-dealkylation sites (N-methyl/N-ethyl adjacent to an activating group) is 1. The van der Waals surface area contributed by atoms with Crippen LogP contribution in [0, 0.1) is 10.1 Å². The summed E-state index contributed by atoms with van der Waals surface area (Å²) in [6.07, 6.45) is 7.15. The van der Waals surface area contributed by atoms with Crippen LogP contribution in [0.3, 0.4) is 0 Å². The molecule has 0 fully saturated rings. The van der Waals surface area contributed by atoms with Crippen molar-refractivity contribution in [3.05, 3.63) is 75.8 Å². The maximum absolute atomic E-state index is 12.0. The number of allylic oxidation sites excluding steroid dienone is 3. The molecule has 22 heavy (non-hydrogen) atoms. The van der Waals surface area contributed by atoms with Gasteiger partial charge in [-0.15, -0.1) is 0 Å². The zero-order valence-electron chi connectivity index (χ0n) is 11.6. The predicted octanol–water partition coefficient (Wildman–Crippen LogP) is 2.13. The molecule has 0 N–H and O–H groups in total. The lowest BCUT2D eigenvalue weighted by molar-refractivity contribution is -0.384. The third-order valence-corrected chi connectivity index (χ3v) is 3.20. The third-order valence-electron chi connectivity index (χ3n) is 3.20. The molecule has 0 atom stereocenters. The summed E-state index contributed by atoms with van der Waals surface area (Å²) >= 11 is 0. The second kappa shape index (κ2) is 5.28. The van der Waals surface area contributed by atoms with Crippen LogP contribution < -0.4 is 0 Å². The minimum Gasteiger partial charge on any atom is -0.402 e. The Labute approximate surface area is 125 Å². The number of carbonyl (C=O) groups excluding carboxylic acids is 1. The molecule has 2 aliphatic heterocycles. The van der Waals surface area contributed by atoms with Gasteiger partial charge in [0.15, 0.2) is 5.70 Å². The Bertz CT molecular complexity index is 790. The molecule has 2 aliphatic rings. The van der Waals surface area contributed by atoms with Gasteiger partial charge >= 0.3 is 5.97 Å². The van der Waals surface area contributed by atoms with E-state index in [1.807, 2.05) is 6.08 Å². The van der Waals surface area contributed by atoms with Crippen molar-refractivity contribution in [3.8, 4) is 0 Å². The van der Waals surface area contributed by atoms with E-state index >= 15 is 0 Å². The van der Waals surface area contributed by atoms with Crippen molar-refractivity contribution >= 4 is 17.6 Å². The molecule has 0 bridgehead atoms. The van der Waals surface area contributed by atoms with Crippen LogP contribution >= 0.6 is 0 Å². The summed E-state index contributed by atoms with van der Waals surface area (Å²) in [7, 11) is 1.79. The number of non-ortho nitro benzene ring substituents is 1. The van der Waals surface area contributed by atoms with Crippen LogP contribution in [0.5, 0.6) is 0 Å². The Morgan fingerprint density at radius 1 is 1.32 bits per heavy atom. The molecule has 1 aromatic rings. The number of cyclic esters (lactones) is 1. The van der Waals surface area contributed by atoms with E-state index in [0.717, 1.165) is 0 Å². The minimum absolute atomic E-state index is 0.0625. The number of nitrogens with zero attached hydrogens (tertiary/aromatic N) is 3. The van der Waals surface area contributed by atoms with E-state index in [9.17, 15) is 14.9 Å². The van der Waals surface area contributed by atoms with Gasteiger partial charge in [0.25, 0.3) is 5.69 Å². The molecule has 2 heterocycles. The van der Waals surface area contributed by atoms with Crippen molar-refractivity contribution in [1.82, 2.24) is 4.90 Å². The molecule has 0 saturated carbocycles. The Kier molecular flexibility index (Phi) is 3.30. The summed E-state index contributed by atoms with van der Waals surface area (Å²) in [6.45, 7) is 0. The number of benzene rings is 1. The van der Waals surface area contributed by atoms with Crippen LogP contribution in [-0.4, -0.2) is 28.7 Å². The first-order valence-corrected chi connectivity index (χ1v) is 6.44. The van der Waals surface area contributed by atoms with Gasteiger partial charge in [-0.1, -0.05) is 12.1 Å². The quantitative estimate of drug-likeness (QED) is 0.361. The third kappa shape index (κ3) is 2.39. The Morgan fingerprint density at radius 2 is 2.14 bits per heavy atom. The van der Waals surface area contributed by atoms with Crippen LogP contribution in [0.2, 0.25) is 0 Å². The first-order chi connectivity index (χ1) is 10.6. The Morgan fingerprint density at radius 3 is 2.86 bits per heavy atom. The summed E-state index contributed by atoms with van der Waals surface area (Å²) in [5, 5.41) is 10.8. The molecule has 7 heteroatoms. The zero-order chi connectivity index (χ0) is 15.7. The number of nitro groups is 1. The van der Waals surface area contributed by atoms with Gasteiger partial charge in [-0.3, -0.25) is 10.1 Å². The average Bonchev–Trinajstić information content (AvgIpc) is 2.90. The van der Waals surface area contributed by atoms with E-state index in [4.69, 9.17) is 4.74 Å². The molecular formula is C15H11N3O4. The second-order valence-electron chi connectivity index (χ2n) is 4.66. The lowest BCUT2D eigenvalue weighted by Crippen LogP contribution is -2.15. The molecule has 3 rings (SSSR count). The number of hydrogen-bond acceptors (Lipinski definition) is 6. The number of carbonyl (C=O) groups is 1. The van der Waals surface area contributed by atoms with Gasteiger partial charge < -0.3 is 9.64 Å². The second-order valence-corrected chi connectivity index (χ2v) is 4.66. The molecule has 0 aliphatic carbocycles. The normalized spacial score (nSPS) is 20.1. The molecule has 110 valence electrons. The number of rotatable bonds is 2. The SMILES string of the molecule is CN1C=CC=C/C1=C1\N=C(c2cccc([N+](=O)[O-])c2)OC1=O. The molecular weight excluding hydrogens is 286 g/mol. The maximum Gasteiger partial charge on any atom is 0.366 e. The van der Waals surface area contributed by atoms with E-state index in [1.54, 1.807) is 36.4 Å². The highest BCUT2D eigenvalue weighted by Crippen LogP contribution is 2.24. The number of nitro benzene ring substituents is 1. The number of aliphatic imine (C=N–C) groups is 1. The van der Waals surface area contributed by atoms with Crippen molar-refractivity contribution in [2.24, 2.45) is 4.99 Å². The van der Waals surface area contributed by atoms with E-state index in [-0.39, 0.29) is 17.3 Å². The lowest BCUT2D eigenvalue weighted by Gasteiger charge is -2.17. The van der Waals surface area contributed by atoms with Crippen molar-refractivity contribution in [2.45, 2.75) is 0 Å². The topological polar surface area (TPSA) is 85.0 Å². The van der Waals surface area contributed by atoms with Gasteiger partial charge in [0, 0.05) is 30.9 Å².